The second kappa shape index (κ2) is 9.22. The third-order valence-electron chi connectivity index (χ3n) is 3.65. The summed E-state index contributed by atoms with van der Waals surface area (Å²) in [4.78, 5) is 1.94. The number of nitrogens with zero attached hydrogens (tertiary/aromatic N) is 1. The van der Waals surface area contributed by atoms with Crippen molar-refractivity contribution >= 4 is 17.3 Å². The Balaban J connectivity index is 1.92. The summed E-state index contributed by atoms with van der Waals surface area (Å²) in [5, 5.41) is 3.80. The van der Waals surface area contributed by atoms with Gasteiger partial charge < -0.3 is 19.7 Å². The summed E-state index contributed by atoms with van der Waals surface area (Å²) >= 11 is 5.41. The van der Waals surface area contributed by atoms with Crippen LogP contribution in [0.25, 0.3) is 0 Å². The van der Waals surface area contributed by atoms with E-state index < -0.39 is 0 Å². The lowest BCUT2D eigenvalue weighted by molar-refractivity contribution is 0.310. The number of hydrogen-bond donors (Lipinski definition) is 1. The van der Waals surface area contributed by atoms with Gasteiger partial charge in [0, 0.05) is 20.1 Å². The summed E-state index contributed by atoms with van der Waals surface area (Å²) in [7, 11) is 3.54. The van der Waals surface area contributed by atoms with E-state index in [2.05, 4.69) is 5.32 Å². The lowest BCUT2D eigenvalue weighted by atomic mass is 10.2. The number of ether oxygens (including phenoxy) is 2. The molecule has 25 heavy (non-hydrogen) atoms. The molecule has 134 valence electrons. The van der Waals surface area contributed by atoms with Crippen LogP contribution in [0.2, 0.25) is 0 Å². The summed E-state index contributed by atoms with van der Waals surface area (Å²) in [6.45, 7) is 3.72. The van der Waals surface area contributed by atoms with Crippen molar-refractivity contribution in [1.82, 2.24) is 10.2 Å². The first kappa shape index (κ1) is 19.0. The number of halogens is 1. The van der Waals surface area contributed by atoms with Gasteiger partial charge in [0.15, 0.2) is 16.6 Å². The van der Waals surface area contributed by atoms with Gasteiger partial charge in [-0.05, 0) is 54.5 Å². The molecule has 0 aliphatic rings. The van der Waals surface area contributed by atoms with Crippen LogP contribution in [0.4, 0.5) is 4.39 Å². The molecular formula is C19H23FN2O2S. The van der Waals surface area contributed by atoms with E-state index in [1.54, 1.807) is 19.2 Å². The Morgan fingerprint density at radius 2 is 1.80 bits per heavy atom. The van der Waals surface area contributed by atoms with Gasteiger partial charge >= 0.3 is 0 Å². The zero-order valence-corrected chi connectivity index (χ0v) is 15.5. The van der Waals surface area contributed by atoms with E-state index in [1.165, 1.54) is 12.1 Å². The first-order chi connectivity index (χ1) is 12.0. The van der Waals surface area contributed by atoms with Crippen molar-refractivity contribution in [2.45, 2.75) is 20.0 Å². The van der Waals surface area contributed by atoms with Gasteiger partial charge in [0.2, 0.25) is 0 Å². The van der Waals surface area contributed by atoms with Crippen LogP contribution < -0.4 is 14.8 Å². The predicted octanol–water partition coefficient (Wildman–Crippen LogP) is 3.74. The monoisotopic (exact) mass is 362 g/mol. The number of benzene rings is 2. The number of thiocarbonyl (C=S) groups is 1. The molecule has 2 rings (SSSR count). The summed E-state index contributed by atoms with van der Waals surface area (Å²) < 4.78 is 23.8. The molecule has 2 aromatic carbocycles. The molecule has 0 bridgehead atoms. The third-order valence-corrected chi connectivity index (χ3v) is 4.11. The first-order valence-corrected chi connectivity index (χ1v) is 8.47. The van der Waals surface area contributed by atoms with Crippen molar-refractivity contribution in [1.29, 1.82) is 0 Å². The highest BCUT2D eigenvalue weighted by Crippen LogP contribution is 2.28. The van der Waals surface area contributed by atoms with Crippen LogP contribution in [0.5, 0.6) is 11.5 Å². The van der Waals surface area contributed by atoms with Crippen molar-refractivity contribution in [2.75, 3.05) is 20.8 Å². The highest BCUT2D eigenvalue weighted by Gasteiger charge is 2.09. The smallest absolute Gasteiger partial charge is 0.169 e. The molecular weight excluding hydrogens is 339 g/mol. The van der Waals surface area contributed by atoms with E-state index in [-0.39, 0.29) is 5.82 Å². The van der Waals surface area contributed by atoms with Crippen LogP contribution in [0.3, 0.4) is 0 Å². The molecule has 1 N–H and O–H groups in total. The van der Waals surface area contributed by atoms with Crippen LogP contribution >= 0.6 is 12.2 Å². The largest absolute Gasteiger partial charge is 0.493 e. The summed E-state index contributed by atoms with van der Waals surface area (Å²) in [5.41, 5.74) is 2.04. The van der Waals surface area contributed by atoms with E-state index >= 15 is 0 Å². The molecule has 0 saturated heterocycles. The maximum atomic E-state index is 12.9. The molecule has 0 atom stereocenters. The zero-order chi connectivity index (χ0) is 18.2. The van der Waals surface area contributed by atoms with Crippen molar-refractivity contribution < 1.29 is 13.9 Å². The predicted molar refractivity (Wildman–Crippen MR) is 101 cm³/mol. The fourth-order valence-electron chi connectivity index (χ4n) is 2.35. The number of hydrogen-bond acceptors (Lipinski definition) is 3. The summed E-state index contributed by atoms with van der Waals surface area (Å²) in [6, 6.07) is 12.2. The third kappa shape index (κ3) is 5.60. The highest BCUT2D eigenvalue weighted by atomic mass is 32.1. The topological polar surface area (TPSA) is 33.7 Å². The van der Waals surface area contributed by atoms with E-state index in [1.807, 2.05) is 37.1 Å². The zero-order valence-electron chi connectivity index (χ0n) is 14.7. The number of rotatable bonds is 7. The van der Waals surface area contributed by atoms with Crippen molar-refractivity contribution in [3.8, 4) is 11.5 Å². The molecule has 0 amide bonds. The maximum absolute atomic E-state index is 12.9. The normalized spacial score (nSPS) is 10.2. The molecule has 2 aromatic rings. The molecule has 0 aliphatic carbocycles. The van der Waals surface area contributed by atoms with Crippen LogP contribution in [0, 0.1) is 5.82 Å². The van der Waals surface area contributed by atoms with Crippen LogP contribution in [0.15, 0.2) is 42.5 Å². The molecule has 0 saturated carbocycles. The molecule has 4 nitrogen and oxygen atoms in total. The van der Waals surface area contributed by atoms with E-state index in [9.17, 15) is 4.39 Å². The van der Waals surface area contributed by atoms with Gasteiger partial charge in [0.25, 0.3) is 0 Å². The Morgan fingerprint density at radius 3 is 2.44 bits per heavy atom. The van der Waals surface area contributed by atoms with Crippen molar-refractivity contribution in [2.24, 2.45) is 0 Å². The van der Waals surface area contributed by atoms with Crippen molar-refractivity contribution in [3.63, 3.8) is 0 Å². The maximum Gasteiger partial charge on any atom is 0.169 e. The molecule has 0 fully saturated rings. The second-order valence-corrected chi connectivity index (χ2v) is 5.95. The lowest BCUT2D eigenvalue weighted by Gasteiger charge is -2.22. The quantitative estimate of drug-likeness (QED) is 0.759. The molecule has 0 spiro atoms. The molecule has 6 heteroatoms. The van der Waals surface area contributed by atoms with Gasteiger partial charge in [-0.1, -0.05) is 18.2 Å². The van der Waals surface area contributed by atoms with E-state index in [0.29, 0.717) is 30.6 Å². The van der Waals surface area contributed by atoms with Crippen LogP contribution in [-0.4, -0.2) is 30.8 Å². The molecule has 0 aromatic heterocycles. The Morgan fingerprint density at radius 1 is 1.12 bits per heavy atom. The average Bonchev–Trinajstić information content (AvgIpc) is 2.62. The first-order valence-electron chi connectivity index (χ1n) is 8.06. The van der Waals surface area contributed by atoms with Crippen LogP contribution in [0.1, 0.15) is 18.1 Å². The summed E-state index contributed by atoms with van der Waals surface area (Å²) in [6.07, 6.45) is 0. The molecule has 0 radical (unpaired) electrons. The van der Waals surface area contributed by atoms with Gasteiger partial charge in [-0.15, -0.1) is 0 Å². The van der Waals surface area contributed by atoms with Gasteiger partial charge in [0.05, 0.1) is 13.7 Å². The SMILES string of the molecule is CCOc1ccc(CN(C)C(=S)NCc2ccc(F)cc2)cc1OC. The highest BCUT2D eigenvalue weighted by molar-refractivity contribution is 7.80. The summed E-state index contributed by atoms with van der Waals surface area (Å²) in [5.74, 6) is 1.19. The van der Waals surface area contributed by atoms with Gasteiger partial charge in [-0.2, -0.15) is 0 Å². The Labute approximate surface area is 153 Å². The van der Waals surface area contributed by atoms with E-state index in [4.69, 9.17) is 21.7 Å². The van der Waals surface area contributed by atoms with Gasteiger partial charge in [-0.25, -0.2) is 4.39 Å². The molecule has 0 unspecified atom stereocenters. The van der Waals surface area contributed by atoms with Crippen molar-refractivity contribution in [3.05, 3.63) is 59.4 Å². The lowest BCUT2D eigenvalue weighted by Crippen LogP contribution is -2.36. The fraction of sp³-hybridized carbons (Fsp3) is 0.316. The Kier molecular flexibility index (Phi) is 7.01. The molecule has 0 aliphatic heterocycles. The Bertz CT molecular complexity index is 707. The Hall–Kier alpha value is -2.34. The van der Waals surface area contributed by atoms with E-state index in [0.717, 1.165) is 16.9 Å². The molecule has 0 heterocycles. The fourth-order valence-corrected chi connectivity index (χ4v) is 2.48. The average molecular weight is 362 g/mol. The second-order valence-electron chi connectivity index (χ2n) is 5.56. The minimum Gasteiger partial charge on any atom is -0.493 e. The minimum atomic E-state index is -0.243. The van der Waals surface area contributed by atoms with Gasteiger partial charge in [-0.3, -0.25) is 0 Å². The number of methoxy groups -OCH3 is 1. The van der Waals surface area contributed by atoms with Crippen LogP contribution in [-0.2, 0) is 13.1 Å². The number of nitrogens with one attached hydrogen (secondary N) is 1. The van der Waals surface area contributed by atoms with Gasteiger partial charge in [0.1, 0.15) is 5.82 Å². The minimum absolute atomic E-state index is 0.243. The standard InChI is InChI=1S/C19H23FN2O2S/c1-4-24-17-10-7-15(11-18(17)23-3)13-22(2)19(25)21-12-14-5-8-16(20)9-6-14/h5-11H,4,12-13H2,1-3H3,(H,21,25).